The summed E-state index contributed by atoms with van der Waals surface area (Å²) in [4.78, 5) is 22.6. The van der Waals surface area contributed by atoms with Crippen LogP contribution in [0.15, 0.2) is 0 Å². The van der Waals surface area contributed by atoms with E-state index in [0.29, 0.717) is 5.92 Å². The van der Waals surface area contributed by atoms with E-state index in [4.69, 9.17) is 10.8 Å². The fourth-order valence-corrected chi connectivity index (χ4v) is 1.69. The number of nitrogens with one attached hydrogen (secondary N) is 1. The molecule has 0 bridgehead atoms. The van der Waals surface area contributed by atoms with Gasteiger partial charge in [-0.1, -0.05) is 20.8 Å². The molecule has 5 nitrogen and oxygen atoms in total. The largest absolute Gasteiger partial charge is 0.481 e. The zero-order valence-corrected chi connectivity index (χ0v) is 10.7. The predicted octanol–water partition coefficient (Wildman–Crippen LogP) is 0.729. The maximum Gasteiger partial charge on any atom is 0.305 e. The van der Waals surface area contributed by atoms with Gasteiger partial charge in [-0.15, -0.1) is 0 Å². The van der Waals surface area contributed by atoms with Crippen molar-refractivity contribution in [2.75, 3.05) is 0 Å². The Labute approximate surface area is 102 Å². The molecule has 2 atom stereocenters. The van der Waals surface area contributed by atoms with E-state index in [9.17, 15) is 9.59 Å². The minimum atomic E-state index is -0.883. The van der Waals surface area contributed by atoms with Crippen LogP contribution in [0.1, 0.15) is 40.0 Å². The lowest BCUT2D eigenvalue weighted by molar-refractivity contribution is -0.138. The summed E-state index contributed by atoms with van der Waals surface area (Å²) in [6.45, 7) is 5.67. The Morgan fingerprint density at radius 2 is 1.94 bits per heavy atom. The molecule has 1 rings (SSSR count). The van der Waals surface area contributed by atoms with E-state index < -0.39 is 12.0 Å². The number of nitrogens with two attached hydrogens (primary N) is 1. The summed E-state index contributed by atoms with van der Waals surface area (Å²) in [5.41, 5.74) is 5.52. The summed E-state index contributed by atoms with van der Waals surface area (Å²) in [6.07, 6.45) is 1.96. The van der Waals surface area contributed by atoms with Crippen LogP contribution in [0.3, 0.4) is 0 Å². The first-order valence-corrected chi connectivity index (χ1v) is 5.99. The second-order valence-electron chi connectivity index (χ2n) is 5.89. The highest BCUT2D eigenvalue weighted by Gasteiger charge is 2.36. The normalized spacial score (nSPS) is 19.5. The molecule has 0 heterocycles. The monoisotopic (exact) mass is 242 g/mol. The van der Waals surface area contributed by atoms with Crippen molar-refractivity contribution in [3.8, 4) is 0 Å². The predicted molar refractivity (Wildman–Crippen MR) is 64.3 cm³/mol. The fraction of sp³-hybridized carbons (Fsp3) is 0.833. The first-order chi connectivity index (χ1) is 7.71. The molecule has 0 aromatic rings. The van der Waals surface area contributed by atoms with Crippen LogP contribution < -0.4 is 11.1 Å². The van der Waals surface area contributed by atoms with Crippen LogP contribution in [0.25, 0.3) is 0 Å². The molecule has 0 aromatic carbocycles. The second kappa shape index (κ2) is 5.04. The molecule has 4 N–H and O–H groups in total. The molecule has 1 saturated carbocycles. The number of rotatable bonds is 5. The third kappa shape index (κ3) is 4.34. The van der Waals surface area contributed by atoms with Crippen molar-refractivity contribution >= 4 is 11.9 Å². The number of hydrogen-bond acceptors (Lipinski definition) is 3. The Morgan fingerprint density at radius 1 is 1.41 bits per heavy atom. The van der Waals surface area contributed by atoms with Crippen LogP contribution in [0, 0.1) is 11.3 Å². The molecular formula is C12H22N2O3. The second-order valence-corrected chi connectivity index (χ2v) is 5.89. The molecule has 1 aliphatic carbocycles. The van der Waals surface area contributed by atoms with Gasteiger partial charge < -0.3 is 16.2 Å². The number of carboxylic acid groups (broad SMARTS) is 1. The Hall–Kier alpha value is -1.10. The molecule has 98 valence electrons. The van der Waals surface area contributed by atoms with E-state index in [1.807, 2.05) is 20.8 Å². The number of amides is 1. The standard InChI is InChI=1S/C12H22N2O3/c1-12(2,3)10(13)11(17)14-8(6-9(15)16)7-4-5-7/h7-8,10H,4-6,13H2,1-3H3,(H,14,17)(H,15,16). The van der Waals surface area contributed by atoms with E-state index in [1.54, 1.807) is 0 Å². The van der Waals surface area contributed by atoms with Crippen LogP contribution in [0.2, 0.25) is 0 Å². The lowest BCUT2D eigenvalue weighted by atomic mass is 9.86. The van der Waals surface area contributed by atoms with Crippen LogP contribution in [0.4, 0.5) is 0 Å². The summed E-state index contributed by atoms with van der Waals surface area (Å²) < 4.78 is 0. The van der Waals surface area contributed by atoms with Gasteiger partial charge >= 0.3 is 5.97 Å². The van der Waals surface area contributed by atoms with Crippen LogP contribution in [0.5, 0.6) is 0 Å². The van der Waals surface area contributed by atoms with Crippen molar-refractivity contribution in [3.05, 3.63) is 0 Å². The van der Waals surface area contributed by atoms with Gasteiger partial charge in [0, 0.05) is 6.04 Å². The Bertz CT molecular complexity index is 305. The highest BCUT2D eigenvalue weighted by Crippen LogP contribution is 2.34. The van der Waals surface area contributed by atoms with Crippen molar-refractivity contribution in [3.63, 3.8) is 0 Å². The molecular weight excluding hydrogens is 220 g/mol. The van der Waals surface area contributed by atoms with Gasteiger partial charge in [-0.2, -0.15) is 0 Å². The highest BCUT2D eigenvalue weighted by molar-refractivity contribution is 5.83. The van der Waals surface area contributed by atoms with E-state index in [1.165, 1.54) is 0 Å². The molecule has 0 aliphatic heterocycles. The summed E-state index contributed by atoms with van der Waals surface area (Å²) in [7, 11) is 0. The minimum absolute atomic E-state index is 0.0206. The average Bonchev–Trinajstić information content (AvgIpc) is 2.96. The quantitative estimate of drug-likeness (QED) is 0.662. The number of aliphatic carboxylic acids is 1. The first kappa shape index (κ1) is 14.0. The summed E-state index contributed by atoms with van der Waals surface area (Å²) in [6, 6.07) is -0.883. The maximum atomic E-state index is 11.9. The van der Waals surface area contributed by atoms with Gasteiger partial charge in [0.05, 0.1) is 12.5 Å². The van der Waals surface area contributed by atoms with Crippen molar-refractivity contribution in [2.24, 2.45) is 17.1 Å². The summed E-state index contributed by atoms with van der Waals surface area (Å²) in [5.74, 6) is -0.829. The van der Waals surface area contributed by atoms with Gasteiger partial charge in [0.2, 0.25) is 5.91 Å². The van der Waals surface area contributed by atoms with Crippen molar-refractivity contribution in [2.45, 2.75) is 52.1 Å². The van der Waals surface area contributed by atoms with Crippen molar-refractivity contribution in [1.82, 2.24) is 5.32 Å². The van der Waals surface area contributed by atoms with Crippen LogP contribution in [-0.4, -0.2) is 29.1 Å². The van der Waals surface area contributed by atoms with E-state index in [2.05, 4.69) is 5.32 Å². The Balaban J connectivity index is 2.55. The molecule has 2 unspecified atom stereocenters. The SMILES string of the molecule is CC(C)(C)C(N)C(=O)NC(CC(=O)O)C1CC1. The smallest absolute Gasteiger partial charge is 0.305 e. The minimum Gasteiger partial charge on any atom is -0.481 e. The van der Waals surface area contributed by atoms with Gasteiger partial charge in [0.15, 0.2) is 0 Å². The molecule has 0 aromatic heterocycles. The van der Waals surface area contributed by atoms with Gasteiger partial charge in [-0.05, 0) is 24.2 Å². The number of hydrogen-bond donors (Lipinski definition) is 3. The van der Waals surface area contributed by atoms with Gasteiger partial charge in [-0.3, -0.25) is 9.59 Å². The van der Waals surface area contributed by atoms with Crippen LogP contribution >= 0.6 is 0 Å². The van der Waals surface area contributed by atoms with Gasteiger partial charge in [0.25, 0.3) is 0 Å². The molecule has 5 heteroatoms. The Morgan fingerprint density at radius 3 is 2.29 bits per heavy atom. The third-order valence-electron chi connectivity index (χ3n) is 3.13. The van der Waals surface area contributed by atoms with E-state index in [-0.39, 0.29) is 23.8 Å². The summed E-state index contributed by atoms with van der Waals surface area (Å²) in [5, 5.41) is 11.6. The number of carbonyl (C=O) groups is 2. The molecule has 0 saturated heterocycles. The third-order valence-corrected chi connectivity index (χ3v) is 3.13. The highest BCUT2D eigenvalue weighted by atomic mass is 16.4. The topological polar surface area (TPSA) is 92.4 Å². The van der Waals surface area contributed by atoms with E-state index in [0.717, 1.165) is 12.8 Å². The fourth-order valence-electron chi connectivity index (χ4n) is 1.69. The van der Waals surface area contributed by atoms with Crippen LogP contribution in [-0.2, 0) is 9.59 Å². The molecule has 17 heavy (non-hydrogen) atoms. The average molecular weight is 242 g/mol. The van der Waals surface area contributed by atoms with E-state index >= 15 is 0 Å². The zero-order chi connectivity index (χ0) is 13.2. The molecule has 1 aliphatic rings. The Kier molecular flexibility index (Phi) is 4.14. The first-order valence-electron chi connectivity index (χ1n) is 5.99. The molecule has 1 fully saturated rings. The lowest BCUT2D eigenvalue weighted by Crippen LogP contribution is -2.52. The molecule has 0 radical (unpaired) electrons. The molecule has 0 spiro atoms. The van der Waals surface area contributed by atoms with Crippen molar-refractivity contribution in [1.29, 1.82) is 0 Å². The number of carboxylic acids is 1. The summed E-state index contributed by atoms with van der Waals surface area (Å²) >= 11 is 0. The van der Waals surface area contributed by atoms with Crippen molar-refractivity contribution < 1.29 is 14.7 Å². The number of carbonyl (C=O) groups excluding carboxylic acids is 1. The zero-order valence-electron chi connectivity index (χ0n) is 10.7. The maximum absolute atomic E-state index is 11.9. The lowest BCUT2D eigenvalue weighted by Gasteiger charge is -2.28. The molecule has 1 amide bonds. The van der Waals surface area contributed by atoms with Gasteiger partial charge in [0.1, 0.15) is 0 Å². The van der Waals surface area contributed by atoms with Gasteiger partial charge in [-0.25, -0.2) is 0 Å².